The van der Waals surface area contributed by atoms with Crippen LogP contribution in [0.3, 0.4) is 0 Å². The summed E-state index contributed by atoms with van der Waals surface area (Å²) in [5, 5.41) is 8.47. The fourth-order valence-corrected chi connectivity index (χ4v) is 2.64. The van der Waals surface area contributed by atoms with E-state index in [4.69, 9.17) is 10.6 Å². The van der Waals surface area contributed by atoms with Crippen molar-refractivity contribution in [2.75, 3.05) is 18.2 Å². The average molecular weight is 383 g/mol. The summed E-state index contributed by atoms with van der Waals surface area (Å²) in [5.74, 6) is 7.51. The Morgan fingerprint density at radius 1 is 1.45 bits per heavy atom. The monoisotopic (exact) mass is 382 g/mol. The fraction of sp³-hybridized carbons (Fsp3) is 0.214. The number of allylic oxidation sites excluding steroid dienone is 1. The van der Waals surface area contributed by atoms with Gasteiger partial charge in [-0.2, -0.15) is 0 Å². The Morgan fingerprint density at radius 2 is 2.23 bits per heavy atom. The normalized spacial score (nSPS) is 11.0. The molecule has 0 bridgehead atoms. The summed E-state index contributed by atoms with van der Waals surface area (Å²) in [6.07, 6.45) is 1.44. The lowest BCUT2D eigenvalue weighted by molar-refractivity contribution is 0.104. The molecule has 1 heterocycles. The third-order valence-electron chi connectivity index (χ3n) is 2.77. The lowest BCUT2D eigenvalue weighted by Gasteiger charge is -2.09. The van der Waals surface area contributed by atoms with Crippen LogP contribution in [-0.4, -0.2) is 33.0 Å². The zero-order valence-corrected chi connectivity index (χ0v) is 14.3. The van der Waals surface area contributed by atoms with Crippen molar-refractivity contribution >= 4 is 33.5 Å². The summed E-state index contributed by atoms with van der Waals surface area (Å²) in [4.78, 5) is 13.5. The lowest BCUT2D eigenvalue weighted by atomic mass is 10.1. The maximum Gasteiger partial charge on any atom is 0.209 e. The van der Waals surface area contributed by atoms with Gasteiger partial charge in [0.1, 0.15) is 11.6 Å². The quantitative estimate of drug-likeness (QED) is 0.260. The molecule has 0 aliphatic heterocycles. The number of ketones is 1. The molecule has 0 fully saturated rings. The number of aromatic nitrogens is 3. The van der Waals surface area contributed by atoms with Crippen LogP contribution in [-0.2, 0) is 0 Å². The minimum Gasteiger partial charge on any atom is -0.492 e. The molecule has 0 amide bonds. The van der Waals surface area contributed by atoms with Crippen molar-refractivity contribution < 1.29 is 9.53 Å². The van der Waals surface area contributed by atoms with Gasteiger partial charge in [0.25, 0.3) is 0 Å². The molecular formula is C14H15BrN4O2S. The van der Waals surface area contributed by atoms with Crippen molar-refractivity contribution in [3.05, 3.63) is 46.7 Å². The molecule has 2 N–H and O–H groups in total. The fourth-order valence-electron chi connectivity index (χ4n) is 1.68. The third-order valence-corrected chi connectivity index (χ3v) is 3.95. The van der Waals surface area contributed by atoms with E-state index in [2.05, 4.69) is 26.1 Å². The van der Waals surface area contributed by atoms with Crippen LogP contribution < -0.4 is 10.6 Å². The number of para-hydroxylation sites is 1. The number of nitrogens with two attached hydrogens (primary N) is 1. The third kappa shape index (κ3) is 4.11. The van der Waals surface area contributed by atoms with Gasteiger partial charge in [-0.05, 0) is 30.1 Å². The highest BCUT2D eigenvalue weighted by Gasteiger charge is 2.10. The smallest absolute Gasteiger partial charge is 0.209 e. The Morgan fingerprint density at radius 3 is 2.91 bits per heavy atom. The van der Waals surface area contributed by atoms with E-state index < -0.39 is 0 Å². The summed E-state index contributed by atoms with van der Waals surface area (Å²) < 4.78 is 7.12. The molecule has 0 unspecified atom stereocenters. The van der Waals surface area contributed by atoms with Crippen molar-refractivity contribution in [2.45, 2.75) is 12.1 Å². The number of rotatable bonds is 7. The zero-order valence-electron chi connectivity index (χ0n) is 11.9. The van der Waals surface area contributed by atoms with Gasteiger partial charge in [0.2, 0.25) is 5.16 Å². The number of halogens is 1. The number of carbonyl (C=O) groups excluding carboxylic acids is 1. The van der Waals surface area contributed by atoms with Crippen molar-refractivity contribution in [3.8, 4) is 5.75 Å². The topological polar surface area (TPSA) is 83.0 Å². The average Bonchev–Trinajstić information content (AvgIpc) is 2.84. The first kappa shape index (κ1) is 16.6. The Labute approximate surface area is 140 Å². The summed E-state index contributed by atoms with van der Waals surface area (Å²) in [6, 6.07) is 7.14. The highest BCUT2D eigenvalue weighted by atomic mass is 79.9. The first-order chi connectivity index (χ1) is 10.6. The van der Waals surface area contributed by atoms with E-state index in [1.165, 1.54) is 27.5 Å². The largest absolute Gasteiger partial charge is 0.492 e. The number of hydrogen-bond acceptors (Lipinski definition) is 6. The molecule has 0 aliphatic rings. The van der Waals surface area contributed by atoms with E-state index in [1.54, 1.807) is 25.1 Å². The molecule has 0 atom stereocenters. The zero-order chi connectivity index (χ0) is 15.9. The van der Waals surface area contributed by atoms with Gasteiger partial charge in [-0.25, -0.2) is 4.68 Å². The Hall–Kier alpha value is -1.80. The minimum absolute atomic E-state index is 0.113. The van der Waals surface area contributed by atoms with Crippen LogP contribution in [0.25, 0.3) is 0 Å². The van der Waals surface area contributed by atoms with Crippen LogP contribution in [0, 0.1) is 6.92 Å². The van der Waals surface area contributed by atoms with Crippen LogP contribution in [0.15, 0.2) is 40.5 Å². The molecule has 6 nitrogen and oxygen atoms in total. The van der Waals surface area contributed by atoms with E-state index in [0.29, 0.717) is 34.7 Å². The number of hydrogen-bond donors (Lipinski definition) is 1. The second-order valence-electron chi connectivity index (χ2n) is 4.25. The molecule has 8 heteroatoms. The van der Waals surface area contributed by atoms with Gasteiger partial charge in [-0.3, -0.25) is 4.79 Å². The molecular weight excluding hydrogens is 368 g/mol. The highest BCUT2D eigenvalue weighted by Crippen LogP contribution is 2.20. The van der Waals surface area contributed by atoms with Crippen LogP contribution in [0.2, 0.25) is 0 Å². The predicted molar refractivity (Wildman–Crippen MR) is 90.0 cm³/mol. The number of thioether (sulfide) groups is 1. The number of carbonyl (C=O) groups is 1. The summed E-state index contributed by atoms with van der Waals surface area (Å²) in [7, 11) is 0. The second-order valence-corrected chi connectivity index (χ2v) is 5.84. The van der Waals surface area contributed by atoms with Crippen LogP contribution in [0.1, 0.15) is 16.2 Å². The van der Waals surface area contributed by atoms with E-state index in [0.717, 1.165) is 0 Å². The highest BCUT2D eigenvalue weighted by molar-refractivity contribution is 9.11. The molecule has 1 aromatic carbocycles. The van der Waals surface area contributed by atoms with Crippen LogP contribution in [0.4, 0.5) is 0 Å². The van der Waals surface area contributed by atoms with Crippen LogP contribution >= 0.6 is 27.7 Å². The van der Waals surface area contributed by atoms with Crippen molar-refractivity contribution in [3.63, 3.8) is 0 Å². The van der Waals surface area contributed by atoms with Gasteiger partial charge in [-0.1, -0.05) is 39.8 Å². The molecule has 116 valence electrons. The van der Waals surface area contributed by atoms with E-state index >= 15 is 0 Å². The second kappa shape index (κ2) is 8.00. The molecule has 0 radical (unpaired) electrons. The van der Waals surface area contributed by atoms with Gasteiger partial charge in [0.05, 0.1) is 12.2 Å². The lowest BCUT2D eigenvalue weighted by Crippen LogP contribution is -2.12. The van der Waals surface area contributed by atoms with Gasteiger partial charge < -0.3 is 10.6 Å². The molecule has 2 rings (SSSR count). The van der Waals surface area contributed by atoms with E-state index in [1.807, 2.05) is 6.07 Å². The van der Waals surface area contributed by atoms with Crippen molar-refractivity contribution in [1.29, 1.82) is 0 Å². The Bertz CT molecular complexity index is 687. The predicted octanol–water partition coefficient (Wildman–Crippen LogP) is 2.56. The maximum absolute atomic E-state index is 11.9. The molecule has 22 heavy (non-hydrogen) atoms. The first-order valence-electron chi connectivity index (χ1n) is 6.46. The summed E-state index contributed by atoms with van der Waals surface area (Å²) in [6.45, 7) is 2.21. The number of nitrogen functional groups attached to an aromatic ring is 1. The molecule has 0 aliphatic carbocycles. The molecule has 0 saturated carbocycles. The van der Waals surface area contributed by atoms with Gasteiger partial charge in [0, 0.05) is 5.75 Å². The first-order valence-corrected chi connectivity index (χ1v) is 8.36. The van der Waals surface area contributed by atoms with Crippen LogP contribution in [0.5, 0.6) is 5.75 Å². The van der Waals surface area contributed by atoms with Gasteiger partial charge in [0.15, 0.2) is 5.78 Å². The summed E-state index contributed by atoms with van der Waals surface area (Å²) in [5.41, 5.74) is 0.529. The number of ether oxygens (including phenoxy) is 1. The molecule has 0 saturated heterocycles. The SMILES string of the molecule is Cc1nnc(SCCOc2ccccc2C(=O)/C=C/Br)n1N. The maximum atomic E-state index is 11.9. The number of benzene rings is 1. The number of nitrogens with zero attached hydrogens (tertiary/aromatic N) is 3. The molecule has 1 aromatic heterocycles. The van der Waals surface area contributed by atoms with Crippen molar-refractivity contribution in [2.24, 2.45) is 0 Å². The Kier molecular flexibility index (Phi) is 6.02. The van der Waals surface area contributed by atoms with E-state index in [9.17, 15) is 4.79 Å². The van der Waals surface area contributed by atoms with Crippen molar-refractivity contribution in [1.82, 2.24) is 14.9 Å². The van der Waals surface area contributed by atoms with Gasteiger partial charge >= 0.3 is 0 Å². The number of aryl methyl sites for hydroxylation is 1. The molecule has 2 aromatic rings. The minimum atomic E-state index is -0.113. The Balaban J connectivity index is 1.92. The summed E-state index contributed by atoms with van der Waals surface area (Å²) >= 11 is 4.54. The van der Waals surface area contributed by atoms with E-state index in [-0.39, 0.29) is 5.78 Å². The molecule has 0 spiro atoms. The standard InChI is InChI=1S/C14H15BrN4O2S/c1-10-17-18-14(19(10)16)22-9-8-21-13-5-3-2-4-11(13)12(20)6-7-15/h2-7H,8-9,16H2,1H3/b7-6+. The van der Waals surface area contributed by atoms with Gasteiger partial charge in [-0.15, -0.1) is 10.2 Å².